The molecule has 1 aliphatic heterocycles. The van der Waals surface area contributed by atoms with Gasteiger partial charge in [0.05, 0.1) is 19.3 Å². The van der Waals surface area contributed by atoms with Crippen LogP contribution in [0.15, 0.2) is 54.6 Å². The number of rotatable bonds is 5. The summed E-state index contributed by atoms with van der Waals surface area (Å²) in [6, 6.07) is 18.4. The molecule has 1 amide bonds. The summed E-state index contributed by atoms with van der Waals surface area (Å²) in [5.74, 6) is 1.54. The molecule has 144 valence electrons. The Hall–Kier alpha value is -3.12. The minimum Gasteiger partial charge on any atom is -0.497 e. The van der Waals surface area contributed by atoms with E-state index in [0.717, 1.165) is 59.8 Å². The lowest BCUT2D eigenvalue weighted by molar-refractivity contribution is -0.119. The summed E-state index contributed by atoms with van der Waals surface area (Å²) in [6.07, 6.45) is 0. The van der Waals surface area contributed by atoms with Gasteiger partial charge in [-0.15, -0.1) is 0 Å². The van der Waals surface area contributed by atoms with E-state index in [1.54, 1.807) is 7.11 Å². The van der Waals surface area contributed by atoms with Crippen LogP contribution in [0.4, 0.5) is 5.82 Å². The van der Waals surface area contributed by atoms with Crippen LogP contribution in [-0.4, -0.2) is 55.6 Å². The van der Waals surface area contributed by atoms with Crippen LogP contribution in [-0.2, 0) is 4.79 Å². The van der Waals surface area contributed by atoms with Gasteiger partial charge in [0.2, 0.25) is 5.91 Å². The average Bonchev–Trinajstić information content (AvgIpc) is 2.73. The fourth-order valence-corrected chi connectivity index (χ4v) is 3.67. The number of ether oxygens (including phenoxy) is 1. The third kappa shape index (κ3) is 3.77. The van der Waals surface area contributed by atoms with E-state index in [0.29, 0.717) is 6.54 Å². The molecule has 6 nitrogen and oxygen atoms in total. The van der Waals surface area contributed by atoms with Crippen molar-refractivity contribution in [1.29, 1.82) is 0 Å². The van der Waals surface area contributed by atoms with Gasteiger partial charge < -0.3 is 15.4 Å². The second-order valence-corrected chi connectivity index (χ2v) is 7.01. The molecule has 1 aliphatic rings. The molecule has 1 fully saturated rings. The molecule has 3 aromatic rings. The molecule has 0 unspecified atom stereocenters. The standard InChI is InChI=1S/C22H24N4O2/c1-28-18-8-6-16(7-9-18)20-14-17-4-2-3-5-19(17)22(24-20)26-12-10-25(11-13-26)15-21(23)27/h2-9,14H,10-13,15H2,1H3,(H2,23,27). The van der Waals surface area contributed by atoms with Crippen LogP contribution >= 0.6 is 0 Å². The van der Waals surface area contributed by atoms with Gasteiger partial charge in [-0.05, 0) is 35.7 Å². The molecule has 28 heavy (non-hydrogen) atoms. The fraction of sp³-hybridized carbons (Fsp3) is 0.273. The topological polar surface area (TPSA) is 71.7 Å². The monoisotopic (exact) mass is 376 g/mol. The second kappa shape index (κ2) is 7.86. The van der Waals surface area contributed by atoms with Crippen LogP contribution in [0, 0.1) is 0 Å². The number of carbonyl (C=O) groups is 1. The zero-order valence-electron chi connectivity index (χ0n) is 16.0. The fourth-order valence-electron chi connectivity index (χ4n) is 3.67. The summed E-state index contributed by atoms with van der Waals surface area (Å²) >= 11 is 0. The lowest BCUT2D eigenvalue weighted by atomic mass is 10.1. The van der Waals surface area contributed by atoms with Gasteiger partial charge in [-0.1, -0.05) is 24.3 Å². The summed E-state index contributed by atoms with van der Waals surface area (Å²) in [5.41, 5.74) is 7.33. The third-order valence-corrected chi connectivity index (χ3v) is 5.16. The smallest absolute Gasteiger partial charge is 0.231 e. The van der Waals surface area contributed by atoms with E-state index in [1.807, 2.05) is 30.3 Å². The molecule has 1 saturated heterocycles. The van der Waals surface area contributed by atoms with Crippen molar-refractivity contribution < 1.29 is 9.53 Å². The van der Waals surface area contributed by atoms with Crippen LogP contribution in [0.2, 0.25) is 0 Å². The summed E-state index contributed by atoms with van der Waals surface area (Å²) in [5, 5.41) is 2.31. The Kier molecular flexibility index (Phi) is 5.12. The molecule has 2 aromatic carbocycles. The van der Waals surface area contributed by atoms with Crippen molar-refractivity contribution in [1.82, 2.24) is 9.88 Å². The molecule has 6 heteroatoms. The van der Waals surface area contributed by atoms with E-state index >= 15 is 0 Å². The molecule has 0 bridgehead atoms. The zero-order valence-corrected chi connectivity index (χ0v) is 16.0. The van der Waals surface area contributed by atoms with Gasteiger partial charge >= 0.3 is 0 Å². The quantitative estimate of drug-likeness (QED) is 0.741. The molecule has 0 aliphatic carbocycles. The van der Waals surface area contributed by atoms with Crippen LogP contribution in [0.5, 0.6) is 5.75 Å². The SMILES string of the molecule is COc1ccc(-c2cc3ccccc3c(N3CCN(CC(N)=O)CC3)n2)cc1. The van der Waals surface area contributed by atoms with E-state index in [-0.39, 0.29) is 5.91 Å². The number of fused-ring (bicyclic) bond motifs is 1. The number of piperazine rings is 1. The molecule has 0 atom stereocenters. The van der Waals surface area contributed by atoms with Gasteiger partial charge in [0.25, 0.3) is 0 Å². The first-order valence-electron chi connectivity index (χ1n) is 9.44. The maximum Gasteiger partial charge on any atom is 0.231 e. The molecule has 0 saturated carbocycles. The Bertz CT molecular complexity index is 979. The minimum absolute atomic E-state index is 0.279. The van der Waals surface area contributed by atoms with Crippen molar-refractivity contribution in [3.63, 3.8) is 0 Å². The Morgan fingerprint density at radius 2 is 1.79 bits per heavy atom. The Morgan fingerprint density at radius 3 is 2.46 bits per heavy atom. The largest absolute Gasteiger partial charge is 0.497 e. The van der Waals surface area contributed by atoms with Gasteiger partial charge in [0.1, 0.15) is 11.6 Å². The van der Waals surface area contributed by atoms with E-state index in [9.17, 15) is 4.79 Å². The van der Waals surface area contributed by atoms with E-state index in [2.05, 4.69) is 34.1 Å². The van der Waals surface area contributed by atoms with E-state index < -0.39 is 0 Å². The number of amides is 1. The number of nitrogens with two attached hydrogens (primary N) is 1. The predicted molar refractivity (Wildman–Crippen MR) is 112 cm³/mol. The average molecular weight is 376 g/mol. The highest BCUT2D eigenvalue weighted by Crippen LogP contribution is 2.31. The number of pyridine rings is 1. The predicted octanol–water partition coefficient (Wildman–Crippen LogP) is 2.52. The lowest BCUT2D eigenvalue weighted by Crippen LogP contribution is -2.49. The minimum atomic E-state index is -0.279. The van der Waals surface area contributed by atoms with Crippen molar-refractivity contribution in [3.8, 4) is 17.0 Å². The summed E-state index contributed by atoms with van der Waals surface area (Å²) in [4.78, 5) is 20.6. The maximum absolute atomic E-state index is 11.2. The van der Waals surface area contributed by atoms with Crippen LogP contribution in [0.25, 0.3) is 22.0 Å². The van der Waals surface area contributed by atoms with Gasteiger partial charge in [-0.3, -0.25) is 9.69 Å². The highest BCUT2D eigenvalue weighted by molar-refractivity contribution is 5.95. The van der Waals surface area contributed by atoms with Crippen LogP contribution < -0.4 is 15.4 Å². The van der Waals surface area contributed by atoms with Crippen molar-refractivity contribution >= 4 is 22.5 Å². The molecule has 0 radical (unpaired) electrons. The maximum atomic E-state index is 11.2. The van der Waals surface area contributed by atoms with Gasteiger partial charge in [0.15, 0.2) is 0 Å². The molecular formula is C22H24N4O2. The first-order valence-corrected chi connectivity index (χ1v) is 9.44. The summed E-state index contributed by atoms with van der Waals surface area (Å²) < 4.78 is 5.27. The number of nitrogens with zero attached hydrogens (tertiary/aromatic N) is 3. The van der Waals surface area contributed by atoms with Crippen molar-refractivity contribution in [3.05, 3.63) is 54.6 Å². The molecular weight excluding hydrogens is 352 g/mol. The highest BCUT2D eigenvalue weighted by Gasteiger charge is 2.21. The van der Waals surface area contributed by atoms with Crippen LogP contribution in [0.3, 0.4) is 0 Å². The van der Waals surface area contributed by atoms with E-state index in [4.69, 9.17) is 15.5 Å². The Balaban J connectivity index is 1.68. The number of anilines is 1. The molecule has 2 N–H and O–H groups in total. The number of hydrogen-bond donors (Lipinski definition) is 1. The number of methoxy groups -OCH3 is 1. The second-order valence-electron chi connectivity index (χ2n) is 7.01. The van der Waals surface area contributed by atoms with Crippen molar-refractivity contribution in [2.75, 3.05) is 44.7 Å². The third-order valence-electron chi connectivity index (χ3n) is 5.16. The lowest BCUT2D eigenvalue weighted by Gasteiger charge is -2.35. The molecule has 4 rings (SSSR count). The van der Waals surface area contributed by atoms with Crippen molar-refractivity contribution in [2.24, 2.45) is 5.73 Å². The first kappa shape index (κ1) is 18.3. The van der Waals surface area contributed by atoms with Crippen LogP contribution in [0.1, 0.15) is 0 Å². The number of carbonyl (C=O) groups excluding carboxylic acids is 1. The normalized spacial score (nSPS) is 15.0. The van der Waals surface area contributed by atoms with Crippen molar-refractivity contribution in [2.45, 2.75) is 0 Å². The molecule has 2 heterocycles. The molecule has 1 aromatic heterocycles. The summed E-state index contributed by atoms with van der Waals surface area (Å²) in [7, 11) is 1.67. The number of hydrogen-bond acceptors (Lipinski definition) is 5. The zero-order chi connectivity index (χ0) is 19.5. The first-order chi connectivity index (χ1) is 13.6. The van der Waals surface area contributed by atoms with Gasteiger partial charge in [-0.25, -0.2) is 4.98 Å². The number of benzene rings is 2. The van der Waals surface area contributed by atoms with Gasteiger partial charge in [-0.2, -0.15) is 0 Å². The Labute approximate surface area is 164 Å². The van der Waals surface area contributed by atoms with Gasteiger partial charge in [0, 0.05) is 37.1 Å². The number of aromatic nitrogens is 1. The summed E-state index contributed by atoms with van der Waals surface area (Å²) in [6.45, 7) is 3.54. The van der Waals surface area contributed by atoms with E-state index in [1.165, 1.54) is 0 Å². The number of primary amides is 1. The molecule has 0 spiro atoms. The Morgan fingerprint density at radius 1 is 1.07 bits per heavy atom. The highest BCUT2D eigenvalue weighted by atomic mass is 16.5.